The van der Waals surface area contributed by atoms with Crippen LogP contribution in [0.2, 0.25) is 0 Å². The molecule has 80 valence electrons. The largest absolute Gasteiger partial charge is 0.298 e. The topological polar surface area (TPSA) is 71.4 Å². The van der Waals surface area contributed by atoms with Gasteiger partial charge in [0.25, 0.3) is 10.1 Å². The van der Waals surface area contributed by atoms with Crippen LogP contribution in [-0.4, -0.2) is 23.5 Å². The minimum absolute atomic E-state index is 0.108. The summed E-state index contributed by atoms with van der Waals surface area (Å²) in [6, 6.07) is 0. The number of Topliss-reactive ketones (excluding diaryl/α,β-unsaturated/α-hetero) is 1. The molecule has 0 spiro atoms. The maximum Gasteiger partial charge on any atom is 0.278 e. The van der Waals surface area contributed by atoms with E-state index < -0.39 is 20.3 Å². The van der Waals surface area contributed by atoms with Crippen molar-refractivity contribution < 1.29 is 17.8 Å². The zero-order valence-corrected chi connectivity index (χ0v) is 9.10. The van der Waals surface area contributed by atoms with Gasteiger partial charge in [0.2, 0.25) is 0 Å². The SMILES string of the molecule is CC1(C)[C@@H]2CC[C@@]1(S(=O)(=O)O)C(=O)C2. The second-order valence-corrected chi connectivity index (χ2v) is 6.53. The van der Waals surface area contributed by atoms with E-state index >= 15 is 0 Å². The number of carbonyl (C=O) groups excluding carboxylic acids is 1. The fourth-order valence-corrected chi connectivity index (χ4v) is 4.82. The van der Waals surface area contributed by atoms with Gasteiger partial charge in [-0.25, -0.2) is 0 Å². The molecule has 2 aliphatic rings. The number of ketones is 1. The first-order valence-corrected chi connectivity index (χ1v) is 6.18. The fourth-order valence-electron chi connectivity index (χ4n) is 3.24. The number of hydrogen-bond acceptors (Lipinski definition) is 3. The Morgan fingerprint density at radius 2 is 2.00 bits per heavy atom. The summed E-state index contributed by atoms with van der Waals surface area (Å²) < 4.78 is 30.5. The Hall–Kier alpha value is -0.420. The van der Waals surface area contributed by atoms with Crippen LogP contribution in [0.5, 0.6) is 0 Å². The summed E-state index contributed by atoms with van der Waals surface area (Å²) >= 11 is 0. The Kier molecular flexibility index (Phi) is 1.72. The van der Waals surface area contributed by atoms with E-state index in [2.05, 4.69) is 0 Å². The maximum atomic E-state index is 11.7. The third-order valence-corrected chi connectivity index (χ3v) is 6.07. The predicted molar refractivity (Wildman–Crippen MR) is 50.4 cm³/mol. The van der Waals surface area contributed by atoms with Gasteiger partial charge < -0.3 is 0 Å². The van der Waals surface area contributed by atoms with Gasteiger partial charge in [0.1, 0.15) is 0 Å². The van der Waals surface area contributed by atoms with Crippen molar-refractivity contribution in [1.82, 2.24) is 0 Å². The van der Waals surface area contributed by atoms with Crippen LogP contribution in [0.3, 0.4) is 0 Å². The summed E-state index contributed by atoms with van der Waals surface area (Å²) in [7, 11) is -4.28. The Balaban J connectivity index is 2.68. The van der Waals surface area contributed by atoms with Gasteiger partial charge >= 0.3 is 0 Å². The van der Waals surface area contributed by atoms with E-state index in [-0.39, 0.29) is 18.1 Å². The van der Waals surface area contributed by atoms with Crippen LogP contribution in [0.4, 0.5) is 0 Å². The molecule has 2 aliphatic carbocycles. The average Bonchev–Trinajstić information content (AvgIpc) is 2.34. The Morgan fingerprint density at radius 3 is 2.21 bits per heavy atom. The van der Waals surface area contributed by atoms with Crippen molar-refractivity contribution in [3.05, 3.63) is 0 Å². The molecule has 2 rings (SSSR count). The summed E-state index contributed by atoms with van der Waals surface area (Å²) in [5.41, 5.74) is -0.613. The number of carbonyl (C=O) groups is 1. The van der Waals surface area contributed by atoms with Gasteiger partial charge in [0.05, 0.1) is 0 Å². The molecule has 0 radical (unpaired) electrons. The molecule has 2 saturated carbocycles. The Bertz CT molecular complexity index is 395. The van der Waals surface area contributed by atoms with E-state index in [1.165, 1.54) is 0 Å². The molecule has 1 N–H and O–H groups in total. The molecule has 0 amide bonds. The minimum atomic E-state index is -4.28. The number of hydrogen-bond donors (Lipinski definition) is 1. The summed E-state index contributed by atoms with van der Waals surface area (Å²) in [6.45, 7) is 3.53. The zero-order valence-electron chi connectivity index (χ0n) is 8.28. The molecule has 0 aromatic rings. The van der Waals surface area contributed by atoms with Crippen molar-refractivity contribution in [1.29, 1.82) is 0 Å². The number of fused-ring (bicyclic) bond motifs is 2. The predicted octanol–water partition coefficient (Wildman–Crippen LogP) is 1.02. The van der Waals surface area contributed by atoms with Gasteiger partial charge in [-0.15, -0.1) is 0 Å². The standard InChI is InChI=1S/C9H14O4S/c1-8(2)6-3-4-9(8,7(10)5-6)14(11,12)13/h6H,3-5H2,1-2H3,(H,11,12,13)/t6-,9-/m1/s1. The molecule has 0 aromatic heterocycles. The van der Waals surface area contributed by atoms with Crippen LogP contribution in [0, 0.1) is 11.3 Å². The first-order chi connectivity index (χ1) is 6.23. The summed E-state index contributed by atoms with van der Waals surface area (Å²) in [5, 5.41) is 0. The van der Waals surface area contributed by atoms with Crippen LogP contribution in [0.1, 0.15) is 33.1 Å². The van der Waals surface area contributed by atoms with E-state index in [0.29, 0.717) is 6.42 Å². The second-order valence-electron chi connectivity index (χ2n) is 4.89. The highest BCUT2D eigenvalue weighted by atomic mass is 32.2. The van der Waals surface area contributed by atoms with Crippen molar-refractivity contribution in [2.75, 3.05) is 0 Å². The lowest BCUT2D eigenvalue weighted by atomic mass is 9.81. The average molecular weight is 218 g/mol. The lowest BCUT2D eigenvalue weighted by Gasteiger charge is -2.32. The Labute approximate surface area is 83.4 Å². The van der Waals surface area contributed by atoms with Gasteiger partial charge in [0.15, 0.2) is 10.5 Å². The highest BCUT2D eigenvalue weighted by Gasteiger charge is 2.70. The van der Waals surface area contributed by atoms with Crippen molar-refractivity contribution in [2.24, 2.45) is 11.3 Å². The molecular formula is C9H14O4S. The van der Waals surface area contributed by atoms with Crippen LogP contribution < -0.4 is 0 Å². The van der Waals surface area contributed by atoms with Gasteiger partial charge in [-0.1, -0.05) is 13.8 Å². The normalized spacial score (nSPS) is 40.5. The van der Waals surface area contributed by atoms with Crippen molar-refractivity contribution in [2.45, 2.75) is 37.9 Å². The third-order valence-electron chi connectivity index (χ3n) is 4.23. The summed E-state index contributed by atoms with van der Waals surface area (Å²) in [6.07, 6.45) is 1.30. The van der Waals surface area contributed by atoms with Gasteiger partial charge in [-0.05, 0) is 24.2 Å². The van der Waals surface area contributed by atoms with Crippen molar-refractivity contribution >= 4 is 15.9 Å². The molecular weight excluding hydrogens is 204 g/mol. The monoisotopic (exact) mass is 218 g/mol. The van der Waals surface area contributed by atoms with E-state index in [9.17, 15) is 17.8 Å². The van der Waals surface area contributed by atoms with E-state index in [0.717, 1.165) is 6.42 Å². The molecule has 0 saturated heterocycles. The van der Waals surface area contributed by atoms with Gasteiger partial charge in [-0.2, -0.15) is 8.42 Å². The van der Waals surface area contributed by atoms with Crippen molar-refractivity contribution in [3.8, 4) is 0 Å². The zero-order chi connectivity index (χ0) is 10.8. The van der Waals surface area contributed by atoms with Crippen LogP contribution in [0.15, 0.2) is 0 Å². The molecule has 14 heavy (non-hydrogen) atoms. The molecule has 5 heteroatoms. The lowest BCUT2D eigenvalue weighted by molar-refractivity contribution is -0.121. The summed E-state index contributed by atoms with van der Waals surface area (Å²) in [4.78, 5) is 11.7. The molecule has 0 aromatic carbocycles. The minimum Gasteiger partial charge on any atom is -0.298 e. The molecule has 0 heterocycles. The van der Waals surface area contributed by atoms with E-state index in [1.807, 2.05) is 0 Å². The first-order valence-electron chi connectivity index (χ1n) is 4.74. The maximum absolute atomic E-state index is 11.7. The van der Waals surface area contributed by atoms with Crippen LogP contribution >= 0.6 is 0 Å². The van der Waals surface area contributed by atoms with E-state index in [4.69, 9.17) is 0 Å². The molecule has 2 fully saturated rings. The smallest absolute Gasteiger partial charge is 0.278 e. The van der Waals surface area contributed by atoms with E-state index in [1.54, 1.807) is 13.8 Å². The molecule has 0 aliphatic heterocycles. The highest BCUT2D eigenvalue weighted by molar-refractivity contribution is 7.88. The Morgan fingerprint density at radius 1 is 1.43 bits per heavy atom. The molecule has 0 unspecified atom stereocenters. The van der Waals surface area contributed by atoms with Crippen LogP contribution in [0.25, 0.3) is 0 Å². The quantitative estimate of drug-likeness (QED) is 0.667. The lowest BCUT2D eigenvalue weighted by Crippen LogP contribution is -2.50. The highest BCUT2D eigenvalue weighted by Crippen LogP contribution is 2.61. The van der Waals surface area contributed by atoms with Gasteiger partial charge in [-0.3, -0.25) is 9.35 Å². The number of rotatable bonds is 1. The fraction of sp³-hybridized carbons (Fsp3) is 0.889. The third kappa shape index (κ3) is 0.827. The van der Waals surface area contributed by atoms with Crippen LogP contribution in [-0.2, 0) is 14.9 Å². The van der Waals surface area contributed by atoms with Crippen molar-refractivity contribution in [3.63, 3.8) is 0 Å². The molecule has 2 bridgehead atoms. The van der Waals surface area contributed by atoms with Gasteiger partial charge in [0, 0.05) is 6.42 Å². The first kappa shape index (κ1) is 10.1. The molecule has 2 atom stereocenters. The second kappa shape index (κ2) is 2.39. The summed E-state index contributed by atoms with van der Waals surface area (Å²) in [5.74, 6) is -0.196. The molecule has 4 nitrogen and oxygen atoms in total.